The smallest absolute Gasteiger partial charge is 0.324 e. The van der Waals surface area contributed by atoms with Gasteiger partial charge < -0.3 is 24.4 Å². The zero-order chi connectivity index (χ0) is 26.5. The van der Waals surface area contributed by atoms with Crippen molar-refractivity contribution in [3.63, 3.8) is 0 Å². The SMILES string of the molecule is CC1COCCCN1c1nc(OC2=C3CCCN3CC2)nc2c(F)c(-c3cc(O)cc4ccccc34)ncc12. The topological polar surface area (TPSA) is 83.8 Å². The van der Waals surface area contributed by atoms with E-state index in [0.717, 1.165) is 61.8 Å². The van der Waals surface area contributed by atoms with Crippen LogP contribution in [0.1, 0.15) is 32.6 Å². The lowest BCUT2D eigenvalue weighted by molar-refractivity contribution is 0.137. The number of rotatable bonds is 4. The molecular weight excluding hydrogens is 497 g/mol. The van der Waals surface area contributed by atoms with Crippen LogP contribution < -0.4 is 9.64 Å². The first-order valence-electron chi connectivity index (χ1n) is 13.6. The van der Waals surface area contributed by atoms with Crippen LogP contribution in [0.25, 0.3) is 32.9 Å². The van der Waals surface area contributed by atoms with Crippen LogP contribution in [-0.4, -0.2) is 63.8 Å². The van der Waals surface area contributed by atoms with E-state index in [9.17, 15) is 5.11 Å². The molecule has 0 saturated carbocycles. The van der Waals surface area contributed by atoms with E-state index in [-0.39, 0.29) is 29.0 Å². The van der Waals surface area contributed by atoms with Gasteiger partial charge in [-0.25, -0.2) is 4.39 Å². The largest absolute Gasteiger partial charge is 0.508 e. The standard InChI is InChI=1S/C30H30FN5O3/c1-18-17-38-13-5-11-36(18)29-23-16-32-27(22-15-20(37)14-19-6-2-3-7-21(19)22)26(31)28(23)33-30(34-29)39-25-9-12-35-10-4-8-24(25)35/h2-3,6-7,14-16,18,37H,4-5,8-13,17H2,1H3. The number of allylic oxidation sites excluding steroid dienone is 1. The zero-order valence-electron chi connectivity index (χ0n) is 21.9. The fourth-order valence-electron chi connectivity index (χ4n) is 6.07. The molecule has 0 spiro atoms. The average Bonchev–Trinajstić information content (AvgIpc) is 3.49. The molecule has 3 aliphatic heterocycles. The highest BCUT2D eigenvalue weighted by Gasteiger charge is 2.30. The first-order valence-corrected chi connectivity index (χ1v) is 13.6. The molecule has 0 bridgehead atoms. The van der Waals surface area contributed by atoms with Crippen molar-refractivity contribution in [3.05, 3.63) is 59.9 Å². The maximum absolute atomic E-state index is 16.5. The van der Waals surface area contributed by atoms with Gasteiger partial charge in [0.25, 0.3) is 0 Å². The molecule has 2 saturated heterocycles. The third kappa shape index (κ3) is 4.21. The fourth-order valence-corrected chi connectivity index (χ4v) is 6.07. The number of hydrogen-bond acceptors (Lipinski definition) is 8. The number of halogens is 1. The fraction of sp³-hybridized carbons (Fsp3) is 0.367. The van der Waals surface area contributed by atoms with Gasteiger partial charge in [-0.3, -0.25) is 4.98 Å². The van der Waals surface area contributed by atoms with E-state index >= 15 is 4.39 Å². The number of ether oxygens (including phenoxy) is 2. The Morgan fingerprint density at radius 3 is 2.87 bits per heavy atom. The molecule has 8 nitrogen and oxygen atoms in total. The lowest BCUT2D eigenvalue weighted by Crippen LogP contribution is -2.36. The number of phenols is 1. The molecule has 1 atom stereocenters. The van der Waals surface area contributed by atoms with Gasteiger partial charge in [-0.1, -0.05) is 24.3 Å². The molecule has 2 aromatic heterocycles. The monoisotopic (exact) mass is 527 g/mol. The molecule has 0 amide bonds. The number of aromatic hydroxyl groups is 1. The molecule has 0 aliphatic carbocycles. The number of anilines is 1. The van der Waals surface area contributed by atoms with Gasteiger partial charge in [0, 0.05) is 44.4 Å². The van der Waals surface area contributed by atoms with Crippen molar-refractivity contribution >= 4 is 27.5 Å². The normalized spacial score (nSPS) is 19.7. The van der Waals surface area contributed by atoms with Crippen molar-refractivity contribution in [2.75, 3.05) is 37.7 Å². The lowest BCUT2D eigenvalue weighted by Gasteiger charge is -2.28. The molecular formula is C30H30FN5O3. The Morgan fingerprint density at radius 2 is 1.95 bits per heavy atom. The van der Waals surface area contributed by atoms with Crippen LogP contribution in [0, 0.1) is 5.82 Å². The summed E-state index contributed by atoms with van der Waals surface area (Å²) in [5.41, 5.74) is 1.99. The predicted molar refractivity (Wildman–Crippen MR) is 147 cm³/mol. The molecule has 1 N–H and O–H groups in total. The van der Waals surface area contributed by atoms with Crippen LogP contribution in [-0.2, 0) is 4.74 Å². The molecule has 200 valence electrons. The first-order chi connectivity index (χ1) is 19.1. The Balaban J connectivity index is 1.42. The van der Waals surface area contributed by atoms with E-state index in [1.807, 2.05) is 24.3 Å². The highest BCUT2D eigenvalue weighted by Crippen LogP contribution is 2.38. The van der Waals surface area contributed by atoms with Crippen LogP contribution in [0.15, 0.2) is 54.1 Å². The molecule has 7 rings (SSSR count). The summed E-state index contributed by atoms with van der Waals surface area (Å²) in [5.74, 6) is 0.950. The van der Waals surface area contributed by atoms with Crippen LogP contribution >= 0.6 is 0 Å². The van der Waals surface area contributed by atoms with Crippen LogP contribution in [0.4, 0.5) is 10.2 Å². The summed E-state index contributed by atoms with van der Waals surface area (Å²) < 4.78 is 28.6. The first kappa shape index (κ1) is 24.1. The third-order valence-corrected chi connectivity index (χ3v) is 7.96. The quantitative estimate of drug-likeness (QED) is 0.378. The molecule has 9 heteroatoms. The van der Waals surface area contributed by atoms with E-state index in [4.69, 9.17) is 14.5 Å². The summed E-state index contributed by atoms with van der Waals surface area (Å²) in [4.78, 5) is 18.5. The molecule has 1 unspecified atom stereocenters. The van der Waals surface area contributed by atoms with Crippen molar-refractivity contribution in [1.82, 2.24) is 19.9 Å². The van der Waals surface area contributed by atoms with Gasteiger partial charge in [-0.15, -0.1) is 0 Å². The summed E-state index contributed by atoms with van der Waals surface area (Å²) >= 11 is 0. The van der Waals surface area contributed by atoms with E-state index in [0.29, 0.717) is 30.0 Å². The Hall–Kier alpha value is -3.98. The Bertz CT molecular complexity index is 1620. The van der Waals surface area contributed by atoms with Gasteiger partial charge in [0.1, 0.15) is 28.5 Å². The minimum Gasteiger partial charge on any atom is -0.508 e. The highest BCUT2D eigenvalue weighted by molar-refractivity contribution is 5.99. The number of fused-ring (bicyclic) bond motifs is 3. The van der Waals surface area contributed by atoms with Crippen LogP contribution in [0.5, 0.6) is 11.8 Å². The third-order valence-electron chi connectivity index (χ3n) is 7.96. The van der Waals surface area contributed by atoms with E-state index in [1.165, 1.54) is 5.70 Å². The summed E-state index contributed by atoms with van der Waals surface area (Å²) in [6, 6.07) is 10.9. The van der Waals surface area contributed by atoms with Gasteiger partial charge in [0.15, 0.2) is 5.82 Å². The van der Waals surface area contributed by atoms with Crippen molar-refractivity contribution in [3.8, 4) is 23.0 Å². The summed E-state index contributed by atoms with van der Waals surface area (Å²) in [6.45, 7) is 5.98. The van der Waals surface area contributed by atoms with Gasteiger partial charge in [0.05, 0.1) is 23.7 Å². The number of aromatic nitrogens is 3. The van der Waals surface area contributed by atoms with Crippen molar-refractivity contribution in [2.45, 2.75) is 38.6 Å². The number of benzene rings is 2. The lowest BCUT2D eigenvalue weighted by atomic mass is 10.00. The van der Waals surface area contributed by atoms with Crippen molar-refractivity contribution in [1.29, 1.82) is 0 Å². The molecule has 2 aromatic carbocycles. The highest BCUT2D eigenvalue weighted by atomic mass is 19.1. The molecule has 0 radical (unpaired) electrons. The van der Waals surface area contributed by atoms with E-state index in [1.54, 1.807) is 18.3 Å². The minimum atomic E-state index is -0.568. The summed E-state index contributed by atoms with van der Waals surface area (Å²) in [7, 11) is 0. The van der Waals surface area contributed by atoms with Crippen LogP contribution in [0.3, 0.4) is 0 Å². The molecule has 5 heterocycles. The van der Waals surface area contributed by atoms with Gasteiger partial charge in [-0.2, -0.15) is 9.97 Å². The van der Waals surface area contributed by atoms with E-state index in [2.05, 4.69) is 26.7 Å². The average molecular weight is 528 g/mol. The van der Waals surface area contributed by atoms with Crippen molar-refractivity contribution in [2.24, 2.45) is 0 Å². The second kappa shape index (κ2) is 9.64. The molecule has 4 aromatic rings. The Morgan fingerprint density at radius 1 is 1.05 bits per heavy atom. The van der Waals surface area contributed by atoms with Gasteiger partial charge in [-0.05, 0) is 49.1 Å². The molecule has 2 fully saturated rings. The minimum absolute atomic E-state index is 0.0371. The zero-order valence-corrected chi connectivity index (χ0v) is 21.9. The maximum Gasteiger partial charge on any atom is 0.324 e. The van der Waals surface area contributed by atoms with E-state index < -0.39 is 5.82 Å². The second-order valence-corrected chi connectivity index (χ2v) is 10.5. The summed E-state index contributed by atoms with van der Waals surface area (Å²) in [6.07, 6.45) is 5.35. The maximum atomic E-state index is 16.5. The molecule has 39 heavy (non-hydrogen) atoms. The van der Waals surface area contributed by atoms with Gasteiger partial charge in [0.2, 0.25) is 0 Å². The summed E-state index contributed by atoms with van der Waals surface area (Å²) in [5, 5.41) is 12.5. The van der Waals surface area contributed by atoms with Crippen LogP contribution in [0.2, 0.25) is 0 Å². The van der Waals surface area contributed by atoms with Gasteiger partial charge >= 0.3 is 6.01 Å². The Kier molecular flexibility index (Phi) is 5.96. The number of nitrogens with zero attached hydrogens (tertiary/aromatic N) is 5. The number of pyridine rings is 1. The number of phenolic OH excluding ortho intramolecular Hbond substituents is 1. The number of hydrogen-bond donors (Lipinski definition) is 1. The predicted octanol–water partition coefficient (Wildman–Crippen LogP) is 5.39. The molecule has 3 aliphatic rings. The Labute approximate surface area is 225 Å². The second-order valence-electron chi connectivity index (χ2n) is 10.5. The van der Waals surface area contributed by atoms with Crippen molar-refractivity contribution < 1.29 is 19.0 Å².